The number of thiazole rings is 1. The fourth-order valence-electron chi connectivity index (χ4n) is 2.55. The largest absolute Gasteiger partial charge is 0.348 e. The highest BCUT2D eigenvalue weighted by molar-refractivity contribution is 7.14. The van der Waals surface area contributed by atoms with Crippen molar-refractivity contribution < 1.29 is 0 Å². The normalized spacial score (nSPS) is 15.7. The lowest BCUT2D eigenvalue weighted by Gasteiger charge is -2.18. The third kappa shape index (κ3) is 2.83. The zero-order chi connectivity index (χ0) is 13.8. The van der Waals surface area contributed by atoms with Gasteiger partial charge in [0, 0.05) is 24.0 Å². The Bertz CT molecular complexity index is 619. The maximum atomic E-state index is 8.97. The molecular weight excluding hydrogens is 266 g/mol. The van der Waals surface area contributed by atoms with Crippen LogP contribution in [0.5, 0.6) is 0 Å². The average molecular weight is 283 g/mol. The van der Waals surface area contributed by atoms with Crippen molar-refractivity contribution in [1.29, 1.82) is 5.26 Å². The molecular formula is C16H17N3S. The summed E-state index contributed by atoms with van der Waals surface area (Å²) in [5.74, 6) is 0. The average Bonchev–Trinajstić information content (AvgIpc) is 2.83. The molecule has 0 atom stereocenters. The van der Waals surface area contributed by atoms with Gasteiger partial charge in [0.1, 0.15) is 0 Å². The lowest BCUT2D eigenvalue weighted by Crippen LogP contribution is -2.23. The fraction of sp³-hybridized carbons (Fsp3) is 0.375. The summed E-state index contributed by atoms with van der Waals surface area (Å²) in [5.41, 5.74) is 2.69. The molecule has 0 unspecified atom stereocenters. The Kier molecular flexibility index (Phi) is 3.98. The van der Waals surface area contributed by atoms with Gasteiger partial charge < -0.3 is 4.90 Å². The van der Waals surface area contributed by atoms with Gasteiger partial charge in [0.15, 0.2) is 5.13 Å². The molecule has 1 aromatic heterocycles. The second-order valence-corrected chi connectivity index (χ2v) is 5.95. The van der Waals surface area contributed by atoms with E-state index in [0.29, 0.717) is 5.56 Å². The SMILES string of the molecule is N#Cc1cccc(-c2csc(N3CCCCCC3)n2)c1. The van der Waals surface area contributed by atoms with Gasteiger partial charge in [-0.05, 0) is 25.0 Å². The Hall–Kier alpha value is -1.86. The molecule has 1 fully saturated rings. The molecule has 1 aliphatic heterocycles. The van der Waals surface area contributed by atoms with E-state index in [9.17, 15) is 0 Å². The van der Waals surface area contributed by atoms with Crippen LogP contribution in [0.25, 0.3) is 11.3 Å². The van der Waals surface area contributed by atoms with Crippen molar-refractivity contribution in [3.63, 3.8) is 0 Å². The zero-order valence-corrected chi connectivity index (χ0v) is 12.2. The molecule has 1 aromatic carbocycles. The van der Waals surface area contributed by atoms with Crippen LogP contribution in [0.4, 0.5) is 5.13 Å². The summed E-state index contributed by atoms with van der Waals surface area (Å²) in [6, 6.07) is 9.84. The van der Waals surface area contributed by atoms with Gasteiger partial charge in [-0.15, -0.1) is 11.3 Å². The Labute approximate surface area is 123 Å². The summed E-state index contributed by atoms with van der Waals surface area (Å²) >= 11 is 1.71. The second kappa shape index (κ2) is 6.06. The molecule has 2 heterocycles. The second-order valence-electron chi connectivity index (χ2n) is 5.11. The topological polar surface area (TPSA) is 39.9 Å². The first kappa shape index (κ1) is 13.1. The molecule has 2 aromatic rings. The van der Waals surface area contributed by atoms with Crippen LogP contribution in [-0.4, -0.2) is 18.1 Å². The van der Waals surface area contributed by atoms with Crippen molar-refractivity contribution in [1.82, 2.24) is 4.98 Å². The summed E-state index contributed by atoms with van der Waals surface area (Å²) in [4.78, 5) is 7.15. The van der Waals surface area contributed by atoms with Crippen LogP contribution in [0.1, 0.15) is 31.2 Å². The van der Waals surface area contributed by atoms with Gasteiger partial charge in [-0.1, -0.05) is 25.0 Å². The van der Waals surface area contributed by atoms with Gasteiger partial charge in [-0.2, -0.15) is 5.26 Å². The van der Waals surface area contributed by atoms with E-state index in [-0.39, 0.29) is 0 Å². The number of nitrogens with zero attached hydrogens (tertiary/aromatic N) is 3. The van der Waals surface area contributed by atoms with Crippen LogP contribution in [0.15, 0.2) is 29.6 Å². The highest BCUT2D eigenvalue weighted by atomic mass is 32.1. The summed E-state index contributed by atoms with van der Waals surface area (Å²) in [7, 11) is 0. The van der Waals surface area contributed by atoms with E-state index in [1.807, 2.05) is 24.3 Å². The molecule has 0 amide bonds. The smallest absolute Gasteiger partial charge is 0.185 e. The van der Waals surface area contributed by atoms with Crippen molar-refractivity contribution in [2.24, 2.45) is 0 Å². The molecule has 3 nitrogen and oxygen atoms in total. The Morgan fingerprint density at radius 3 is 2.70 bits per heavy atom. The van der Waals surface area contributed by atoms with Gasteiger partial charge in [-0.3, -0.25) is 0 Å². The molecule has 1 aliphatic rings. The van der Waals surface area contributed by atoms with Gasteiger partial charge in [0.05, 0.1) is 17.3 Å². The lowest BCUT2D eigenvalue weighted by molar-refractivity contribution is 0.726. The van der Waals surface area contributed by atoms with E-state index in [1.54, 1.807) is 11.3 Å². The molecule has 1 saturated heterocycles. The highest BCUT2D eigenvalue weighted by Crippen LogP contribution is 2.29. The quantitative estimate of drug-likeness (QED) is 0.834. The van der Waals surface area contributed by atoms with Crippen LogP contribution in [0.3, 0.4) is 0 Å². The molecule has 0 radical (unpaired) electrons. The lowest BCUT2D eigenvalue weighted by atomic mass is 10.1. The molecule has 0 aliphatic carbocycles. The number of benzene rings is 1. The number of hydrogen-bond acceptors (Lipinski definition) is 4. The minimum Gasteiger partial charge on any atom is -0.348 e. The Morgan fingerprint density at radius 2 is 1.95 bits per heavy atom. The number of anilines is 1. The third-order valence-electron chi connectivity index (χ3n) is 3.66. The number of rotatable bonds is 2. The van der Waals surface area contributed by atoms with Gasteiger partial charge in [0.2, 0.25) is 0 Å². The zero-order valence-electron chi connectivity index (χ0n) is 11.4. The van der Waals surface area contributed by atoms with Gasteiger partial charge in [-0.25, -0.2) is 4.98 Å². The maximum Gasteiger partial charge on any atom is 0.185 e. The summed E-state index contributed by atoms with van der Waals surface area (Å²) in [6.45, 7) is 2.23. The molecule has 3 rings (SSSR count). The third-order valence-corrected chi connectivity index (χ3v) is 4.56. The minimum absolute atomic E-state index is 0.687. The fourth-order valence-corrected chi connectivity index (χ4v) is 3.44. The van der Waals surface area contributed by atoms with E-state index in [4.69, 9.17) is 10.2 Å². The first-order chi connectivity index (χ1) is 9.86. The van der Waals surface area contributed by atoms with Crippen molar-refractivity contribution >= 4 is 16.5 Å². The summed E-state index contributed by atoms with van der Waals surface area (Å²) < 4.78 is 0. The van der Waals surface area contributed by atoms with E-state index in [2.05, 4.69) is 16.3 Å². The van der Waals surface area contributed by atoms with Crippen molar-refractivity contribution in [3.05, 3.63) is 35.2 Å². The predicted molar refractivity (Wildman–Crippen MR) is 82.9 cm³/mol. The standard InChI is InChI=1S/C16H17N3S/c17-11-13-6-5-7-14(10-13)15-12-20-16(18-15)19-8-3-1-2-4-9-19/h5-7,10,12H,1-4,8-9H2. The van der Waals surface area contributed by atoms with Crippen LogP contribution >= 0.6 is 11.3 Å². The van der Waals surface area contributed by atoms with Crippen molar-refractivity contribution in [3.8, 4) is 17.3 Å². The first-order valence-corrected chi connectivity index (χ1v) is 7.96. The molecule has 20 heavy (non-hydrogen) atoms. The van der Waals surface area contributed by atoms with E-state index in [1.165, 1.54) is 25.7 Å². The summed E-state index contributed by atoms with van der Waals surface area (Å²) in [5, 5.41) is 12.2. The van der Waals surface area contributed by atoms with Crippen LogP contribution in [-0.2, 0) is 0 Å². The molecule has 0 N–H and O–H groups in total. The summed E-state index contributed by atoms with van der Waals surface area (Å²) in [6.07, 6.45) is 5.19. The van der Waals surface area contributed by atoms with Crippen LogP contribution < -0.4 is 4.90 Å². The molecule has 0 saturated carbocycles. The van der Waals surface area contributed by atoms with E-state index in [0.717, 1.165) is 29.5 Å². The molecule has 0 spiro atoms. The number of hydrogen-bond donors (Lipinski definition) is 0. The predicted octanol–water partition coefficient (Wildman–Crippen LogP) is 4.06. The molecule has 0 bridgehead atoms. The minimum atomic E-state index is 0.687. The van der Waals surface area contributed by atoms with Crippen molar-refractivity contribution in [2.45, 2.75) is 25.7 Å². The van der Waals surface area contributed by atoms with Crippen LogP contribution in [0, 0.1) is 11.3 Å². The number of aromatic nitrogens is 1. The molecule has 102 valence electrons. The first-order valence-electron chi connectivity index (χ1n) is 7.08. The van der Waals surface area contributed by atoms with E-state index < -0.39 is 0 Å². The highest BCUT2D eigenvalue weighted by Gasteiger charge is 2.14. The monoisotopic (exact) mass is 283 g/mol. The Balaban J connectivity index is 1.84. The van der Waals surface area contributed by atoms with Gasteiger partial charge in [0.25, 0.3) is 0 Å². The van der Waals surface area contributed by atoms with Crippen LogP contribution in [0.2, 0.25) is 0 Å². The number of nitriles is 1. The maximum absolute atomic E-state index is 8.97. The van der Waals surface area contributed by atoms with Gasteiger partial charge >= 0.3 is 0 Å². The molecule has 4 heteroatoms. The van der Waals surface area contributed by atoms with E-state index >= 15 is 0 Å². The van der Waals surface area contributed by atoms with Crippen molar-refractivity contribution in [2.75, 3.05) is 18.0 Å². The Morgan fingerprint density at radius 1 is 1.15 bits per heavy atom.